The van der Waals surface area contributed by atoms with E-state index in [9.17, 15) is 0 Å². The Kier molecular flexibility index (Phi) is 4.20. The fraction of sp³-hybridized carbons (Fsp3) is 0.333. The molecule has 0 atom stereocenters. The standard InChI is InChI=1S/C12H17NO/c1-4-8-13-9-11-7-5-6-10(2)12(11)14-3/h4-7,13H,1,8-9H2,2-3H3. The molecule has 1 aromatic carbocycles. The van der Waals surface area contributed by atoms with Crippen molar-refractivity contribution in [2.24, 2.45) is 0 Å². The highest BCUT2D eigenvalue weighted by Gasteiger charge is 2.03. The van der Waals surface area contributed by atoms with Gasteiger partial charge in [-0.05, 0) is 12.5 Å². The van der Waals surface area contributed by atoms with Crippen LogP contribution in [-0.2, 0) is 6.54 Å². The molecule has 0 aliphatic carbocycles. The van der Waals surface area contributed by atoms with Crippen molar-refractivity contribution in [2.45, 2.75) is 13.5 Å². The van der Waals surface area contributed by atoms with E-state index < -0.39 is 0 Å². The number of nitrogens with one attached hydrogen (secondary N) is 1. The van der Waals surface area contributed by atoms with Gasteiger partial charge < -0.3 is 10.1 Å². The molecule has 2 heteroatoms. The number of ether oxygens (including phenoxy) is 1. The predicted octanol–water partition coefficient (Wildman–Crippen LogP) is 2.28. The van der Waals surface area contributed by atoms with Crippen molar-refractivity contribution in [1.82, 2.24) is 5.32 Å². The number of methoxy groups -OCH3 is 1. The van der Waals surface area contributed by atoms with Gasteiger partial charge in [0.2, 0.25) is 0 Å². The summed E-state index contributed by atoms with van der Waals surface area (Å²) in [5, 5.41) is 3.26. The Hall–Kier alpha value is -1.28. The van der Waals surface area contributed by atoms with Gasteiger partial charge in [-0.2, -0.15) is 0 Å². The van der Waals surface area contributed by atoms with Gasteiger partial charge in [0.25, 0.3) is 0 Å². The topological polar surface area (TPSA) is 21.3 Å². The van der Waals surface area contributed by atoms with E-state index in [0.29, 0.717) is 0 Å². The molecule has 0 aliphatic heterocycles. The van der Waals surface area contributed by atoms with Crippen LogP contribution < -0.4 is 10.1 Å². The molecule has 0 bridgehead atoms. The van der Waals surface area contributed by atoms with E-state index in [1.54, 1.807) is 7.11 Å². The molecule has 0 amide bonds. The minimum absolute atomic E-state index is 0.816. The van der Waals surface area contributed by atoms with E-state index in [1.165, 1.54) is 11.1 Å². The lowest BCUT2D eigenvalue weighted by Gasteiger charge is -2.11. The summed E-state index contributed by atoms with van der Waals surface area (Å²) in [5.74, 6) is 0.976. The van der Waals surface area contributed by atoms with Crippen LogP contribution in [0.1, 0.15) is 11.1 Å². The maximum Gasteiger partial charge on any atom is 0.126 e. The average Bonchev–Trinajstić information content (AvgIpc) is 2.18. The molecule has 1 rings (SSSR count). The van der Waals surface area contributed by atoms with Crippen molar-refractivity contribution in [3.8, 4) is 5.75 Å². The summed E-state index contributed by atoms with van der Waals surface area (Å²) in [4.78, 5) is 0. The van der Waals surface area contributed by atoms with Crippen LogP contribution in [0.4, 0.5) is 0 Å². The minimum Gasteiger partial charge on any atom is -0.496 e. The lowest BCUT2D eigenvalue weighted by Crippen LogP contribution is -2.13. The normalized spacial score (nSPS) is 9.86. The van der Waals surface area contributed by atoms with Crippen LogP contribution in [0.15, 0.2) is 30.9 Å². The zero-order valence-electron chi connectivity index (χ0n) is 8.84. The summed E-state index contributed by atoms with van der Waals surface area (Å²) in [6, 6.07) is 6.17. The molecule has 0 radical (unpaired) electrons. The highest BCUT2D eigenvalue weighted by atomic mass is 16.5. The molecule has 0 saturated carbocycles. The van der Waals surface area contributed by atoms with Crippen molar-refractivity contribution in [3.05, 3.63) is 42.0 Å². The number of hydrogen-bond donors (Lipinski definition) is 1. The minimum atomic E-state index is 0.816. The molecule has 1 aromatic rings. The van der Waals surface area contributed by atoms with Crippen molar-refractivity contribution >= 4 is 0 Å². The zero-order valence-corrected chi connectivity index (χ0v) is 8.84. The Labute approximate surface area is 85.6 Å². The van der Waals surface area contributed by atoms with Gasteiger partial charge in [0, 0.05) is 18.7 Å². The summed E-state index contributed by atoms with van der Waals surface area (Å²) in [6.07, 6.45) is 1.85. The van der Waals surface area contributed by atoms with Gasteiger partial charge in [0.15, 0.2) is 0 Å². The Morgan fingerprint density at radius 2 is 2.29 bits per heavy atom. The Bertz CT molecular complexity index is 307. The van der Waals surface area contributed by atoms with Gasteiger partial charge in [-0.3, -0.25) is 0 Å². The SMILES string of the molecule is C=CCNCc1cccc(C)c1OC. The summed E-state index contributed by atoms with van der Waals surface area (Å²) in [5.41, 5.74) is 2.36. The van der Waals surface area contributed by atoms with E-state index >= 15 is 0 Å². The van der Waals surface area contributed by atoms with E-state index in [4.69, 9.17) is 4.74 Å². The lowest BCUT2D eigenvalue weighted by molar-refractivity contribution is 0.405. The van der Waals surface area contributed by atoms with Gasteiger partial charge in [-0.25, -0.2) is 0 Å². The fourth-order valence-electron chi connectivity index (χ4n) is 1.45. The number of para-hydroxylation sites is 1. The zero-order chi connectivity index (χ0) is 10.4. The molecular formula is C12H17NO. The summed E-state index contributed by atoms with van der Waals surface area (Å²) in [7, 11) is 1.71. The molecule has 0 fully saturated rings. The second-order valence-electron chi connectivity index (χ2n) is 3.19. The average molecular weight is 191 g/mol. The quantitative estimate of drug-likeness (QED) is 0.569. The fourth-order valence-corrected chi connectivity index (χ4v) is 1.45. The Morgan fingerprint density at radius 1 is 1.50 bits per heavy atom. The Morgan fingerprint density at radius 3 is 2.93 bits per heavy atom. The molecular weight excluding hydrogens is 174 g/mol. The van der Waals surface area contributed by atoms with E-state index in [2.05, 4.69) is 31.0 Å². The second-order valence-corrected chi connectivity index (χ2v) is 3.19. The highest BCUT2D eigenvalue weighted by molar-refractivity contribution is 5.40. The van der Waals surface area contributed by atoms with E-state index in [0.717, 1.165) is 18.8 Å². The van der Waals surface area contributed by atoms with Gasteiger partial charge in [0.05, 0.1) is 7.11 Å². The van der Waals surface area contributed by atoms with Gasteiger partial charge in [-0.1, -0.05) is 24.3 Å². The maximum atomic E-state index is 5.34. The molecule has 0 aliphatic rings. The van der Waals surface area contributed by atoms with Gasteiger partial charge >= 0.3 is 0 Å². The first-order valence-electron chi connectivity index (χ1n) is 4.73. The smallest absolute Gasteiger partial charge is 0.126 e. The lowest BCUT2D eigenvalue weighted by atomic mass is 10.1. The number of hydrogen-bond acceptors (Lipinski definition) is 2. The molecule has 0 unspecified atom stereocenters. The van der Waals surface area contributed by atoms with Crippen molar-refractivity contribution in [1.29, 1.82) is 0 Å². The molecule has 0 heterocycles. The van der Waals surface area contributed by atoms with Crippen LogP contribution in [0.3, 0.4) is 0 Å². The summed E-state index contributed by atoms with van der Waals surface area (Å²) in [6.45, 7) is 7.34. The molecule has 0 saturated heterocycles. The van der Waals surface area contributed by atoms with Crippen LogP contribution in [0.2, 0.25) is 0 Å². The van der Waals surface area contributed by atoms with Crippen LogP contribution in [0.5, 0.6) is 5.75 Å². The summed E-state index contributed by atoms with van der Waals surface area (Å²) >= 11 is 0. The van der Waals surface area contributed by atoms with Crippen molar-refractivity contribution in [3.63, 3.8) is 0 Å². The Balaban J connectivity index is 2.74. The first-order chi connectivity index (χ1) is 6.79. The van der Waals surface area contributed by atoms with E-state index in [1.807, 2.05) is 12.1 Å². The first-order valence-corrected chi connectivity index (χ1v) is 4.73. The van der Waals surface area contributed by atoms with Gasteiger partial charge in [-0.15, -0.1) is 6.58 Å². The monoisotopic (exact) mass is 191 g/mol. The van der Waals surface area contributed by atoms with Crippen molar-refractivity contribution in [2.75, 3.05) is 13.7 Å². The maximum absolute atomic E-state index is 5.34. The molecule has 1 N–H and O–H groups in total. The third-order valence-corrected chi connectivity index (χ3v) is 2.10. The van der Waals surface area contributed by atoms with Crippen LogP contribution in [0, 0.1) is 6.92 Å². The molecule has 76 valence electrons. The highest BCUT2D eigenvalue weighted by Crippen LogP contribution is 2.22. The molecule has 14 heavy (non-hydrogen) atoms. The number of aryl methyl sites for hydroxylation is 1. The largest absolute Gasteiger partial charge is 0.496 e. The molecule has 0 spiro atoms. The van der Waals surface area contributed by atoms with Gasteiger partial charge in [0.1, 0.15) is 5.75 Å². The van der Waals surface area contributed by atoms with Crippen LogP contribution in [0.25, 0.3) is 0 Å². The molecule has 0 aromatic heterocycles. The summed E-state index contributed by atoms with van der Waals surface area (Å²) < 4.78 is 5.34. The van der Waals surface area contributed by atoms with E-state index in [-0.39, 0.29) is 0 Å². The third kappa shape index (κ3) is 2.60. The molecule has 2 nitrogen and oxygen atoms in total. The first kappa shape index (κ1) is 10.8. The predicted molar refractivity (Wildman–Crippen MR) is 59.6 cm³/mol. The van der Waals surface area contributed by atoms with Crippen LogP contribution in [-0.4, -0.2) is 13.7 Å². The number of rotatable bonds is 5. The van der Waals surface area contributed by atoms with Crippen LogP contribution >= 0.6 is 0 Å². The third-order valence-electron chi connectivity index (χ3n) is 2.10. The van der Waals surface area contributed by atoms with Crippen molar-refractivity contribution < 1.29 is 4.74 Å². The second kappa shape index (κ2) is 5.45. The number of benzene rings is 1.